The smallest absolute Gasteiger partial charge is 0.0673 e. The van der Waals surface area contributed by atoms with E-state index in [1.807, 2.05) is 0 Å². The number of hydrogen-bond acceptors (Lipinski definition) is 4. The molecule has 0 bridgehead atoms. The number of nitrogens with two attached hydrogens (primary N) is 1. The monoisotopic (exact) mass is 240 g/mol. The molecule has 0 radical (unpaired) electrons. The lowest BCUT2D eigenvalue weighted by Gasteiger charge is -2.39. The minimum absolute atomic E-state index is 0.0369. The van der Waals surface area contributed by atoms with Crippen LogP contribution in [0.3, 0.4) is 0 Å². The van der Waals surface area contributed by atoms with Crippen molar-refractivity contribution in [3.63, 3.8) is 0 Å². The van der Waals surface area contributed by atoms with Crippen LogP contribution in [0.4, 0.5) is 0 Å². The lowest BCUT2D eigenvalue weighted by molar-refractivity contribution is 0.0385. The summed E-state index contributed by atoms with van der Waals surface area (Å²) in [5.41, 5.74) is 7.80. The Morgan fingerprint density at radius 1 is 1.47 bits per heavy atom. The van der Waals surface area contributed by atoms with Crippen LogP contribution in [0, 0.1) is 0 Å². The van der Waals surface area contributed by atoms with E-state index in [1.54, 1.807) is 7.11 Å². The molecule has 2 N–H and O–H groups in total. The van der Waals surface area contributed by atoms with E-state index in [-0.39, 0.29) is 5.54 Å². The predicted octanol–water partition coefficient (Wildman–Crippen LogP) is 0.773. The first-order valence-electron chi connectivity index (χ1n) is 6.48. The molecule has 2 heterocycles. The highest BCUT2D eigenvalue weighted by Gasteiger charge is 2.30. The summed E-state index contributed by atoms with van der Waals surface area (Å²) in [4.78, 5) is 2.45. The van der Waals surface area contributed by atoms with Crippen LogP contribution in [0.5, 0.6) is 0 Å². The first kappa shape index (κ1) is 13.0. The van der Waals surface area contributed by atoms with Gasteiger partial charge in [0.15, 0.2) is 0 Å². The fourth-order valence-corrected chi connectivity index (χ4v) is 2.59. The molecule has 0 saturated carbocycles. The molecule has 4 heteroatoms. The zero-order chi connectivity index (χ0) is 12.1. The van der Waals surface area contributed by atoms with Gasteiger partial charge < -0.3 is 15.2 Å². The molecule has 2 rings (SSSR count). The molecule has 0 aromatic carbocycles. The van der Waals surface area contributed by atoms with Crippen LogP contribution >= 0.6 is 0 Å². The van der Waals surface area contributed by atoms with E-state index >= 15 is 0 Å². The highest BCUT2D eigenvalue weighted by Crippen LogP contribution is 2.21. The molecule has 1 saturated heterocycles. The molecule has 0 atom stereocenters. The van der Waals surface area contributed by atoms with Crippen molar-refractivity contribution in [2.75, 3.05) is 46.6 Å². The van der Waals surface area contributed by atoms with Gasteiger partial charge in [0, 0.05) is 45.5 Å². The van der Waals surface area contributed by atoms with E-state index in [9.17, 15) is 0 Å². The number of hydrogen-bond donors (Lipinski definition) is 1. The van der Waals surface area contributed by atoms with Gasteiger partial charge in [-0.15, -0.1) is 0 Å². The third kappa shape index (κ3) is 3.78. The Kier molecular flexibility index (Phi) is 4.56. The van der Waals surface area contributed by atoms with Crippen molar-refractivity contribution in [1.29, 1.82) is 0 Å². The molecule has 17 heavy (non-hydrogen) atoms. The van der Waals surface area contributed by atoms with E-state index in [0.29, 0.717) is 0 Å². The van der Waals surface area contributed by atoms with Crippen molar-refractivity contribution in [2.24, 2.45) is 5.73 Å². The van der Waals surface area contributed by atoms with E-state index in [1.165, 1.54) is 5.57 Å². The Morgan fingerprint density at radius 3 is 2.82 bits per heavy atom. The lowest BCUT2D eigenvalue weighted by Crippen LogP contribution is -2.54. The van der Waals surface area contributed by atoms with Crippen molar-refractivity contribution >= 4 is 0 Å². The molecule has 4 nitrogen and oxygen atoms in total. The Balaban J connectivity index is 1.81. The molecule has 0 amide bonds. The van der Waals surface area contributed by atoms with Gasteiger partial charge in [0.1, 0.15) is 0 Å². The first-order chi connectivity index (χ1) is 8.22. The number of rotatable bonds is 4. The minimum atomic E-state index is -0.0369. The van der Waals surface area contributed by atoms with E-state index < -0.39 is 0 Å². The first-order valence-corrected chi connectivity index (χ1v) is 6.48. The molecule has 1 fully saturated rings. The lowest BCUT2D eigenvalue weighted by atomic mass is 9.90. The third-order valence-electron chi connectivity index (χ3n) is 3.74. The average Bonchev–Trinajstić information content (AvgIpc) is 2.33. The molecule has 0 unspecified atom stereocenters. The molecular formula is C13H24N2O2. The number of ether oxygens (including phenoxy) is 2. The number of nitrogens with zero attached hydrogens (tertiary/aromatic N) is 1. The molecule has 0 aromatic heterocycles. The zero-order valence-electron chi connectivity index (χ0n) is 10.8. The summed E-state index contributed by atoms with van der Waals surface area (Å²) in [5, 5.41) is 0. The predicted molar refractivity (Wildman–Crippen MR) is 68.0 cm³/mol. The maximum atomic E-state index is 6.42. The van der Waals surface area contributed by atoms with Gasteiger partial charge in [-0.05, 0) is 24.8 Å². The Hall–Kier alpha value is -0.420. The summed E-state index contributed by atoms with van der Waals surface area (Å²) in [6, 6.07) is 0. The maximum absolute atomic E-state index is 6.42. The van der Waals surface area contributed by atoms with Gasteiger partial charge >= 0.3 is 0 Å². The Morgan fingerprint density at radius 2 is 2.24 bits per heavy atom. The zero-order valence-corrected chi connectivity index (χ0v) is 10.8. The topological polar surface area (TPSA) is 47.7 Å². The van der Waals surface area contributed by atoms with Crippen LogP contribution in [0.1, 0.15) is 19.3 Å². The van der Waals surface area contributed by atoms with E-state index in [0.717, 1.165) is 58.7 Å². The standard InChI is InChI=1S/C13H24N2O2/c1-16-10-12-2-6-15(7-3-12)11-13(14)4-8-17-9-5-13/h2H,3-11,14H2,1H3. The van der Waals surface area contributed by atoms with Gasteiger partial charge in [-0.3, -0.25) is 4.90 Å². The summed E-state index contributed by atoms with van der Waals surface area (Å²) < 4.78 is 10.5. The quantitative estimate of drug-likeness (QED) is 0.738. The Labute approximate surface area is 104 Å². The number of methoxy groups -OCH3 is 1. The summed E-state index contributed by atoms with van der Waals surface area (Å²) in [5.74, 6) is 0. The van der Waals surface area contributed by atoms with Gasteiger partial charge in [-0.25, -0.2) is 0 Å². The van der Waals surface area contributed by atoms with Gasteiger partial charge in [-0.1, -0.05) is 6.08 Å². The highest BCUT2D eigenvalue weighted by atomic mass is 16.5. The molecule has 0 spiro atoms. The summed E-state index contributed by atoms with van der Waals surface area (Å²) in [7, 11) is 1.75. The fraction of sp³-hybridized carbons (Fsp3) is 0.846. The molecule has 2 aliphatic rings. The fourth-order valence-electron chi connectivity index (χ4n) is 2.59. The van der Waals surface area contributed by atoms with E-state index in [2.05, 4.69) is 11.0 Å². The van der Waals surface area contributed by atoms with Crippen LogP contribution in [-0.4, -0.2) is 57.0 Å². The van der Waals surface area contributed by atoms with Gasteiger partial charge in [0.05, 0.1) is 6.61 Å². The normalized spacial score (nSPS) is 25.6. The van der Waals surface area contributed by atoms with Crippen molar-refractivity contribution in [3.05, 3.63) is 11.6 Å². The minimum Gasteiger partial charge on any atom is -0.381 e. The van der Waals surface area contributed by atoms with Crippen LogP contribution in [0.2, 0.25) is 0 Å². The Bertz CT molecular complexity index is 273. The van der Waals surface area contributed by atoms with Crippen LogP contribution < -0.4 is 5.73 Å². The second-order valence-electron chi connectivity index (χ2n) is 5.26. The average molecular weight is 240 g/mol. The maximum Gasteiger partial charge on any atom is 0.0673 e. The molecule has 0 aromatic rings. The van der Waals surface area contributed by atoms with Crippen LogP contribution in [0.25, 0.3) is 0 Å². The van der Waals surface area contributed by atoms with Crippen LogP contribution in [0.15, 0.2) is 11.6 Å². The second kappa shape index (κ2) is 5.96. The third-order valence-corrected chi connectivity index (χ3v) is 3.74. The van der Waals surface area contributed by atoms with Gasteiger partial charge in [0.2, 0.25) is 0 Å². The molecule has 98 valence electrons. The van der Waals surface area contributed by atoms with Crippen molar-refractivity contribution in [3.8, 4) is 0 Å². The summed E-state index contributed by atoms with van der Waals surface area (Å²) >= 11 is 0. The van der Waals surface area contributed by atoms with Gasteiger partial charge in [0.25, 0.3) is 0 Å². The van der Waals surface area contributed by atoms with Crippen molar-refractivity contribution < 1.29 is 9.47 Å². The highest BCUT2D eigenvalue weighted by molar-refractivity contribution is 5.08. The van der Waals surface area contributed by atoms with Crippen molar-refractivity contribution in [1.82, 2.24) is 4.90 Å². The second-order valence-corrected chi connectivity index (χ2v) is 5.26. The van der Waals surface area contributed by atoms with Gasteiger partial charge in [-0.2, -0.15) is 0 Å². The molecule has 2 aliphatic heterocycles. The SMILES string of the molecule is COCC1=CCN(CC2(N)CCOCC2)CC1. The summed E-state index contributed by atoms with van der Waals surface area (Å²) in [6.45, 7) is 5.51. The summed E-state index contributed by atoms with van der Waals surface area (Å²) in [6.07, 6.45) is 5.37. The largest absolute Gasteiger partial charge is 0.381 e. The van der Waals surface area contributed by atoms with E-state index in [4.69, 9.17) is 15.2 Å². The molecular weight excluding hydrogens is 216 g/mol. The van der Waals surface area contributed by atoms with Crippen molar-refractivity contribution in [2.45, 2.75) is 24.8 Å². The van der Waals surface area contributed by atoms with Crippen LogP contribution in [-0.2, 0) is 9.47 Å². The molecule has 0 aliphatic carbocycles.